The minimum absolute atomic E-state index is 0.188. The Hall–Kier alpha value is -1.91. The van der Waals surface area contributed by atoms with Gasteiger partial charge in [0.2, 0.25) is 0 Å². The number of urea groups is 1. The Bertz CT molecular complexity index is 342. The zero-order valence-electron chi connectivity index (χ0n) is 9.32. The smallest absolute Gasteiger partial charge is 0.314 e. The summed E-state index contributed by atoms with van der Waals surface area (Å²) in [6.07, 6.45) is 0. The van der Waals surface area contributed by atoms with Crippen molar-refractivity contribution < 1.29 is 9.53 Å². The van der Waals surface area contributed by atoms with Gasteiger partial charge in [-0.3, -0.25) is 0 Å². The molecule has 0 aromatic heterocycles. The number of para-hydroxylation sites is 2. The van der Waals surface area contributed by atoms with Crippen molar-refractivity contribution in [2.24, 2.45) is 0 Å². The number of carbonyl (C=O) groups excluding carboxylic acids is 1. The van der Waals surface area contributed by atoms with E-state index in [1.54, 1.807) is 12.1 Å². The van der Waals surface area contributed by atoms with Crippen LogP contribution in [0.3, 0.4) is 0 Å². The monoisotopic (exact) mass is 223 g/mol. The van der Waals surface area contributed by atoms with E-state index in [1.807, 2.05) is 19.1 Å². The molecule has 5 nitrogen and oxygen atoms in total. The molecular weight excluding hydrogens is 206 g/mol. The first kappa shape index (κ1) is 12.2. The van der Waals surface area contributed by atoms with Crippen LogP contribution >= 0.6 is 0 Å². The quantitative estimate of drug-likeness (QED) is 0.514. The summed E-state index contributed by atoms with van der Waals surface area (Å²) in [5, 5.41) is 5.28. The molecular formula is C11H17N3O2. The van der Waals surface area contributed by atoms with Gasteiger partial charge in [-0.05, 0) is 19.1 Å². The molecule has 0 heterocycles. The molecule has 0 aliphatic heterocycles. The van der Waals surface area contributed by atoms with Crippen LogP contribution < -0.4 is 21.1 Å². The highest BCUT2D eigenvalue weighted by atomic mass is 16.5. The lowest BCUT2D eigenvalue weighted by Crippen LogP contribution is -2.37. The van der Waals surface area contributed by atoms with E-state index in [9.17, 15) is 4.79 Å². The van der Waals surface area contributed by atoms with Gasteiger partial charge in [0, 0.05) is 6.54 Å². The molecule has 0 atom stereocenters. The van der Waals surface area contributed by atoms with E-state index in [1.165, 1.54) is 0 Å². The van der Waals surface area contributed by atoms with Crippen LogP contribution in [-0.4, -0.2) is 25.7 Å². The molecule has 0 radical (unpaired) electrons. The van der Waals surface area contributed by atoms with Crippen molar-refractivity contribution in [1.29, 1.82) is 0 Å². The summed E-state index contributed by atoms with van der Waals surface area (Å²) in [7, 11) is 0. The Labute approximate surface area is 95.0 Å². The number of benzene rings is 1. The van der Waals surface area contributed by atoms with Gasteiger partial charge in [-0.2, -0.15) is 0 Å². The Balaban J connectivity index is 2.21. The number of hydrogen-bond acceptors (Lipinski definition) is 3. The maximum absolute atomic E-state index is 11.0. The Morgan fingerprint density at radius 3 is 2.81 bits per heavy atom. The van der Waals surface area contributed by atoms with Gasteiger partial charge in [-0.15, -0.1) is 0 Å². The van der Waals surface area contributed by atoms with Crippen molar-refractivity contribution in [2.45, 2.75) is 6.92 Å². The number of nitrogens with one attached hydrogen (secondary N) is 2. The number of nitrogen functional groups attached to an aromatic ring is 1. The predicted molar refractivity (Wildman–Crippen MR) is 63.4 cm³/mol. The first-order chi connectivity index (χ1) is 7.74. The fraction of sp³-hybridized carbons (Fsp3) is 0.364. The standard InChI is InChI=1S/C11H17N3O2/c1-2-13-11(15)14-7-8-16-10-6-4-3-5-9(10)12/h3-6H,2,7-8,12H2,1H3,(H2,13,14,15). The predicted octanol–water partition coefficient (Wildman–Crippen LogP) is 0.967. The number of anilines is 1. The SMILES string of the molecule is CCNC(=O)NCCOc1ccccc1N. The van der Waals surface area contributed by atoms with E-state index >= 15 is 0 Å². The van der Waals surface area contributed by atoms with Gasteiger partial charge in [-0.25, -0.2) is 4.79 Å². The number of amides is 2. The summed E-state index contributed by atoms with van der Waals surface area (Å²) in [5.74, 6) is 0.639. The lowest BCUT2D eigenvalue weighted by Gasteiger charge is -2.09. The summed E-state index contributed by atoms with van der Waals surface area (Å²) in [6, 6.07) is 7.07. The molecule has 16 heavy (non-hydrogen) atoms. The Morgan fingerprint density at radius 1 is 1.38 bits per heavy atom. The second-order valence-corrected chi connectivity index (χ2v) is 3.17. The molecule has 0 saturated carbocycles. The normalized spacial score (nSPS) is 9.56. The average molecular weight is 223 g/mol. The van der Waals surface area contributed by atoms with Crippen LogP contribution in [0.2, 0.25) is 0 Å². The minimum atomic E-state index is -0.188. The summed E-state index contributed by atoms with van der Waals surface area (Å²) >= 11 is 0. The van der Waals surface area contributed by atoms with Crippen molar-refractivity contribution >= 4 is 11.7 Å². The van der Waals surface area contributed by atoms with Crippen LogP contribution in [0.4, 0.5) is 10.5 Å². The minimum Gasteiger partial charge on any atom is -0.490 e. The number of ether oxygens (including phenoxy) is 1. The van der Waals surface area contributed by atoms with Crippen molar-refractivity contribution in [1.82, 2.24) is 10.6 Å². The van der Waals surface area contributed by atoms with E-state index in [4.69, 9.17) is 10.5 Å². The number of nitrogens with two attached hydrogens (primary N) is 1. The Kier molecular flexibility index (Phi) is 4.98. The third kappa shape index (κ3) is 4.08. The largest absolute Gasteiger partial charge is 0.490 e. The molecule has 1 aromatic carbocycles. The highest BCUT2D eigenvalue weighted by Gasteiger charge is 1.99. The molecule has 0 saturated heterocycles. The summed E-state index contributed by atoms with van der Waals surface area (Å²) < 4.78 is 5.40. The van der Waals surface area contributed by atoms with Gasteiger partial charge < -0.3 is 21.1 Å². The van der Waals surface area contributed by atoms with Crippen LogP contribution in [0, 0.1) is 0 Å². The van der Waals surface area contributed by atoms with Crippen LogP contribution in [0.15, 0.2) is 24.3 Å². The third-order valence-corrected chi connectivity index (χ3v) is 1.90. The molecule has 0 fully saturated rings. The molecule has 1 rings (SSSR count). The van der Waals surface area contributed by atoms with E-state index in [2.05, 4.69) is 10.6 Å². The maximum Gasteiger partial charge on any atom is 0.314 e. The second-order valence-electron chi connectivity index (χ2n) is 3.17. The van der Waals surface area contributed by atoms with Gasteiger partial charge in [-0.1, -0.05) is 12.1 Å². The number of rotatable bonds is 5. The molecule has 0 unspecified atom stereocenters. The summed E-state index contributed by atoms with van der Waals surface area (Å²) in [4.78, 5) is 11.0. The second kappa shape index (κ2) is 6.55. The lowest BCUT2D eigenvalue weighted by atomic mass is 10.3. The van der Waals surface area contributed by atoms with E-state index < -0.39 is 0 Å². The zero-order chi connectivity index (χ0) is 11.8. The molecule has 0 spiro atoms. The highest BCUT2D eigenvalue weighted by Crippen LogP contribution is 2.19. The van der Waals surface area contributed by atoms with E-state index in [-0.39, 0.29) is 6.03 Å². The topological polar surface area (TPSA) is 76.4 Å². The van der Waals surface area contributed by atoms with Gasteiger partial charge in [0.1, 0.15) is 12.4 Å². The first-order valence-electron chi connectivity index (χ1n) is 5.23. The average Bonchev–Trinajstić information content (AvgIpc) is 2.27. The Morgan fingerprint density at radius 2 is 2.12 bits per heavy atom. The molecule has 0 aliphatic rings. The van der Waals surface area contributed by atoms with Gasteiger partial charge >= 0.3 is 6.03 Å². The third-order valence-electron chi connectivity index (χ3n) is 1.90. The van der Waals surface area contributed by atoms with Crippen molar-refractivity contribution in [2.75, 3.05) is 25.4 Å². The molecule has 0 aliphatic carbocycles. The molecule has 1 aromatic rings. The molecule has 0 bridgehead atoms. The molecule has 2 amide bonds. The summed E-state index contributed by atoms with van der Waals surface area (Å²) in [5.41, 5.74) is 6.28. The van der Waals surface area contributed by atoms with Crippen LogP contribution in [0.25, 0.3) is 0 Å². The maximum atomic E-state index is 11.0. The van der Waals surface area contributed by atoms with Crippen LogP contribution in [-0.2, 0) is 0 Å². The van der Waals surface area contributed by atoms with Gasteiger partial charge in [0.25, 0.3) is 0 Å². The highest BCUT2D eigenvalue weighted by molar-refractivity contribution is 5.73. The van der Waals surface area contributed by atoms with Gasteiger partial charge in [0.15, 0.2) is 0 Å². The lowest BCUT2D eigenvalue weighted by molar-refractivity contribution is 0.237. The van der Waals surface area contributed by atoms with E-state index in [0.29, 0.717) is 31.1 Å². The van der Waals surface area contributed by atoms with Crippen LogP contribution in [0.1, 0.15) is 6.92 Å². The van der Waals surface area contributed by atoms with Gasteiger partial charge in [0.05, 0.1) is 12.2 Å². The number of carbonyl (C=O) groups is 1. The fourth-order valence-electron chi connectivity index (χ4n) is 1.16. The number of hydrogen-bond donors (Lipinski definition) is 3. The molecule has 5 heteroatoms. The van der Waals surface area contributed by atoms with Crippen LogP contribution in [0.5, 0.6) is 5.75 Å². The molecule has 88 valence electrons. The van der Waals surface area contributed by atoms with Crippen molar-refractivity contribution in [3.63, 3.8) is 0 Å². The fourth-order valence-corrected chi connectivity index (χ4v) is 1.16. The zero-order valence-corrected chi connectivity index (χ0v) is 9.32. The van der Waals surface area contributed by atoms with E-state index in [0.717, 1.165) is 0 Å². The van der Waals surface area contributed by atoms with Crippen molar-refractivity contribution in [3.8, 4) is 5.75 Å². The van der Waals surface area contributed by atoms with Crippen molar-refractivity contribution in [3.05, 3.63) is 24.3 Å². The first-order valence-corrected chi connectivity index (χ1v) is 5.23. The molecule has 4 N–H and O–H groups in total. The summed E-state index contributed by atoms with van der Waals surface area (Å²) in [6.45, 7) is 3.31.